The lowest BCUT2D eigenvalue weighted by molar-refractivity contribution is -0.122. The van der Waals surface area contributed by atoms with Gasteiger partial charge in [-0.25, -0.2) is 10.9 Å². The molecule has 1 aliphatic rings. The summed E-state index contributed by atoms with van der Waals surface area (Å²) in [4.78, 5) is 47.4. The van der Waals surface area contributed by atoms with Crippen molar-refractivity contribution >= 4 is 23.8 Å². The van der Waals surface area contributed by atoms with E-state index >= 15 is 0 Å². The predicted molar refractivity (Wildman–Crippen MR) is 137 cm³/mol. The molecule has 3 rings (SSSR count). The van der Waals surface area contributed by atoms with Crippen molar-refractivity contribution < 1.29 is 23.9 Å². The minimum Gasteiger partial charge on any atom is -0.484 e. The van der Waals surface area contributed by atoms with Crippen LogP contribution in [0.25, 0.3) is 0 Å². The number of nitrogens with one attached hydrogen (secondary N) is 3. The number of carbonyl (C=O) groups excluding carboxylic acids is 4. The smallest absolute Gasteiger partial charge is 0.235 e. The number of Topliss-reactive ketones (excluding diaryl/α,β-unsaturated/α-hetero) is 2. The summed E-state index contributed by atoms with van der Waals surface area (Å²) in [5, 5.41) is 2.39. The molecule has 0 aliphatic carbocycles. The molecule has 1 unspecified atom stereocenters. The van der Waals surface area contributed by atoms with E-state index in [-0.39, 0.29) is 56.1 Å². The second-order valence-electron chi connectivity index (χ2n) is 9.45. The van der Waals surface area contributed by atoms with Gasteiger partial charge in [-0.2, -0.15) is 0 Å². The molecule has 1 atom stereocenters. The van der Waals surface area contributed by atoms with Crippen LogP contribution in [0.4, 0.5) is 0 Å². The minimum absolute atomic E-state index is 0.0137. The molecular formula is C28H35N3O5. The molecule has 0 saturated heterocycles. The molecule has 36 heavy (non-hydrogen) atoms. The van der Waals surface area contributed by atoms with E-state index < -0.39 is 0 Å². The molecule has 192 valence electrons. The zero-order valence-electron chi connectivity index (χ0n) is 21.9. The van der Waals surface area contributed by atoms with E-state index in [2.05, 4.69) is 50.8 Å². The highest BCUT2D eigenvalue weighted by atomic mass is 16.5. The molecule has 2 aromatic carbocycles. The lowest BCUT2D eigenvalue weighted by Gasteiger charge is -2.31. The molecule has 0 radical (unpaired) electrons. The van der Waals surface area contributed by atoms with Gasteiger partial charge in [0.1, 0.15) is 18.1 Å². The van der Waals surface area contributed by atoms with Crippen molar-refractivity contribution in [1.82, 2.24) is 16.2 Å². The van der Waals surface area contributed by atoms with E-state index in [1.165, 1.54) is 16.7 Å². The van der Waals surface area contributed by atoms with Gasteiger partial charge in [-0.1, -0.05) is 6.07 Å². The average molecular weight is 494 g/mol. The first kappa shape index (κ1) is 27.2. The summed E-state index contributed by atoms with van der Waals surface area (Å²) >= 11 is 0. The Morgan fingerprint density at radius 2 is 1.56 bits per heavy atom. The Kier molecular flexibility index (Phi) is 8.76. The van der Waals surface area contributed by atoms with Crippen LogP contribution < -0.4 is 20.9 Å². The number of fused-ring (bicyclic) bond motifs is 1. The Morgan fingerprint density at radius 3 is 2.19 bits per heavy atom. The van der Waals surface area contributed by atoms with Crippen LogP contribution in [0.1, 0.15) is 67.4 Å². The van der Waals surface area contributed by atoms with Gasteiger partial charge in [0, 0.05) is 6.42 Å². The third kappa shape index (κ3) is 5.88. The van der Waals surface area contributed by atoms with E-state index in [1.54, 1.807) is 6.07 Å². The normalized spacial score (nSPS) is 14.7. The molecule has 8 heteroatoms. The average Bonchev–Trinajstić information content (AvgIpc) is 2.82. The number of aryl methyl sites for hydroxylation is 1. The SMILES string of the molecule is Cc1cc(CC(=O)CNNCC(=O)NCC=O)cc2c1C(=O)CC(c1c(C)c(C)c(C)c(C)c1C)O2. The Morgan fingerprint density at radius 1 is 0.944 bits per heavy atom. The van der Waals surface area contributed by atoms with Crippen LogP contribution >= 0.6 is 0 Å². The third-order valence-corrected chi connectivity index (χ3v) is 7.10. The molecule has 8 nitrogen and oxygen atoms in total. The summed E-state index contributed by atoms with van der Waals surface area (Å²) in [6, 6.07) is 3.65. The number of ether oxygens (including phenoxy) is 1. The summed E-state index contributed by atoms with van der Waals surface area (Å²) < 4.78 is 6.43. The third-order valence-electron chi connectivity index (χ3n) is 7.10. The number of carbonyl (C=O) groups is 4. The van der Waals surface area contributed by atoms with Gasteiger partial charge in [0.25, 0.3) is 0 Å². The fourth-order valence-corrected chi connectivity index (χ4v) is 4.83. The summed E-state index contributed by atoms with van der Waals surface area (Å²) in [7, 11) is 0. The van der Waals surface area contributed by atoms with Crippen molar-refractivity contribution in [3.63, 3.8) is 0 Å². The first-order valence-corrected chi connectivity index (χ1v) is 12.1. The first-order valence-electron chi connectivity index (χ1n) is 12.1. The number of hydrazine groups is 1. The standard InChI is InChI=1S/C28H35N3O5/c1-15-9-21(10-22(33)13-30-31-14-26(35)29-7-8-32)11-24-27(15)23(34)12-25(36-24)28-19(5)17(3)16(2)18(4)20(28)6/h8-9,11,25,30-31H,7,10,12-14H2,1-6H3,(H,29,35). The van der Waals surface area contributed by atoms with Gasteiger partial charge in [0.2, 0.25) is 5.91 Å². The first-order chi connectivity index (χ1) is 17.0. The van der Waals surface area contributed by atoms with Crippen LogP contribution in [0.3, 0.4) is 0 Å². The lowest BCUT2D eigenvalue weighted by Crippen LogP contribution is -2.43. The maximum Gasteiger partial charge on any atom is 0.235 e. The van der Waals surface area contributed by atoms with Crippen molar-refractivity contribution in [2.24, 2.45) is 0 Å². The largest absolute Gasteiger partial charge is 0.484 e. The fourth-order valence-electron chi connectivity index (χ4n) is 4.83. The van der Waals surface area contributed by atoms with Gasteiger partial charge in [0.05, 0.1) is 31.6 Å². The summed E-state index contributed by atoms with van der Waals surface area (Å²) in [5.41, 5.74) is 14.6. The predicted octanol–water partition coefficient (Wildman–Crippen LogP) is 2.76. The number of hydrogen-bond donors (Lipinski definition) is 3. The maximum atomic E-state index is 13.2. The Labute approximate surface area is 212 Å². The second-order valence-corrected chi connectivity index (χ2v) is 9.45. The van der Waals surface area contributed by atoms with Crippen molar-refractivity contribution in [3.8, 4) is 5.75 Å². The molecular weight excluding hydrogens is 458 g/mol. The Bertz CT molecular complexity index is 1190. The Balaban J connectivity index is 1.73. The number of rotatable bonds is 10. The van der Waals surface area contributed by atoms with E-state index in [0.717, 1.165) is 27.8 Å². The molecule has 1 amide bonds. The number of ketones is 2. The second kappa shape index (κ2) is 11.6. The van der Waals surface area contributed by atoms with E-state index in [1.807, 2.05) is 13.0 Å². The highest BCUT2D eigenvalue weighted by Crippen LogP contribution is 2.41. The monoisotopic (exact) mass is 493 g/mol. The number of hydrogen-bond acceptors (Lipinski definition) is 7. The summed E-state index contributed by atoms with van der Waals surface area (Å²) in [5.74, 6) is 0.121. The van der Waals surface area contributed by atoms with E-state index in [9.17, 15) is 19.2 Å². The highest BCUT2D eigenvalue weighted by molar-refractivity contribution is 6.01. The molecule has 3 N–H and O–H groups in total. The van der Waals surface area contributed by atoms with Gasteiger partial charge >= 0.3 is 0 Å². The number of aldehydes is 1. The minimum atomic E-state index is -0.371. The van der Waals surface area contributed by atoms with Gasteiger partial charge in [0.15, 0.2) is 11.6 Å². The van der Waals surface area contributed by atoms with Gasteiger partial charge in [-0.3, -0.25) is 14.4 Å². The molecule has 0 fully saturated rings. The van der Waals surface area contributed by atoms with Crippen LogP contribution in [-0.2, 0) is 20.8 Å². The molecule has 0 aromatic heterocycles. The van der Waals surface area contributed by atoms with Crippen molar-refractivity contribution in [2.75, 3.05) is 19.6 Å². The lowest BCUT2D eigenvalue weighted by atomic mass is 9.84. The molecule has 0 bridgehead atoms. The molecule has 0 saturated carbocycles. The molecule has 1 aliphatic heterocycles. The van der Waals surface area contributed by atoms with E-state index in [0.29, 0.717) is 17.6 Å². The van der Waals surface area contributed by atoms with Crippen LogP contribution in [-0.4, -0.2) is 43.4 Å². The van der Waals surface area contributed by atoms with Crippen LogP contribution in [0.2, 0.25) is 0 Å². The zero-order valence-corrected chi connectivity index (χ0v) is 21.9. The number of benzene rings is 2. The van der Waals surface area contributed by atoms with Crippen molar-refractivity contribution in [1.29, 1.82) is 0 Å². The molecule has 0 spiro atoms. The Hall–Kier alpha value is -3.36. The summed E-state index contributed by atoms with van der Waals surface area (Å²) in [6.07, 6.45) is 0.666. The van der Waals surface area contributed by atoms with Crippen LogP contribution in [0.15, 0.2) is 12.1 Å². The summed E-state index contributed by atoms with van der Waals surface area (Å²) in [6.45, 7) is 12.3. The van der Waals surface area contributed by atoms with Gasteiger partial charge in [-0.15, -0.1) is 0 Å². The van der Waals surface area contributed by atoms with E-state index in [4.69, 9.17) is 4.74 Å². The maximum absolute atomic E-state index is 13.2. The van der Waals surface area contributed by atoms with Crippen molar-refractivity contribution in [3.05, 3.63) is 62.2 Å². The van der Waals surface area contributed by atoms with Crippen LogP contribution in [0.5, 0.6) is 5.75 Å². The van der Waals surface area contributed by atoms with Gasteiger partial charge < -0.3 is 14.8 Å². The molecule has 2 aromatic rings. The van der Waals surface area contributed by atoms with Crippen LogP contribution in [0, 0.1) is 41.5 Å². The van der Waals surface area contributed by atoms with Crippen molar-refractivity contribution in [2.45, 2.75) is 60.5 Å². The molecule has 1 heterocycles. The van der Waals surface area contributed by atoms with Gasteiger partial charge in [-0.05, 0) is 92.1 Å². The quantitative estimate of drug-likeness (QED) is 0.265. The zero-order chi connectivity index (χ0) is 26.6. The number of amides is 1. The topological polar surface area (TPSA) is 114 Å². The fraction of sp³-hybridized carbons (Fsp3) is 0.429. The highest BCUT2D eigenvalue weighted by Gasteiger charge is 2.32.